The molecule has 7 nitrogen and oxygen atoms in total. The van der Waals surface area contributed by atoms with Crippen molar-refractivity contribution in [2.45, 2.75) is 13.8 Å². The van der Waals surface area contributed by atoms with Crippen molar-refractivity contribution in [1.82, 2.24) is 5.43 Å². The van der Waals surface area contributed by atoms with Gasteiger partial charge in [-0.05, 0) is 43.2 Å². The Morgan fingerprint density at radius 3 is 2.52 bits per heavy atom. The number of amides is 1. The van der Waals surface area contributed by atoms with Gasteiger partial charge in [-0.25, -0.2) is 5.43 Å². The lowest BCUT2D eigenvalue weighted by Crippen LogP contribution is -2.19. The zero-order chi connectivity index (χ0) is 20.8. The fourth-order valence-corrected chi connectivity index (χ4v) is 2.77. The molecule has 0 unspecified atom stereocenters. The molecule has 0 spiro atoms. The molecule has 0 saturated carbocycles. The highest BCUT2D eigenvalue weighted by molar-refractivity contribution is 6.00. The molecule has 0 aromatic heterocycles. The highest BCUT2D eigenvalue weighted by Gasteiger charge is 2.11. The summed E-state index contributed by atoms with van der Waals surface area (Å²) in [6.45, 7) is 4.05. The topological polar surface area (TPSA) is 96.6 Å². The van der Waals surface area contributed by atoms with E-state index in [-0.39, 0.29) is 11.6 Å². The molecular formula is C22H20N4O3. The van der Waals surface area contributed by atoms with Crippen molar-refractivity contribution < 1.29 is 9.72 Å². The molecule has 29 heavy (non-hydrogen) atoms. The number of para-hydroxylation sites is 1. The number of benzene rings is 3. The zero-order valence-electron chi connectivity index (χ0n) is 16.0. The molecule has 0 aliphatic heterocycles. The van der Waals surface area contributed by atoms with Gasteiger partial charge in [0.2, 0.25) is 0 Å². The monoisotopic (exact) mass is 388 g/mol. The number of hydrogen-bond donors (Lipinski definition) is 2. The third kappa shape index (κ3) is 4.84. The van der Waals surface area contributed by atoms with Crippen molar-refractivity contribution in [2.24, 2.45) is 5.10 Å². The number of nitrogens with one attached hydrogen (secondary N) is 2. The maximum absolute atomic E-state index is 12.6. The number of anilines is 2. The van der Waals surface area contributed by atoms with E-state index in [1.54, 1.807) is 24.3 Å². The van der Waals surface area contributed by atoms with Crippen LogP contribution in [-0.2, 0) is 0 Å². The highest BCUT2D eigenvalue weighted by Crippen LogP contribution is 2.25. The number of non-ortho nitro benzene ring substituents is 1. The van der Waals surface area contributed by atoms with Gasteiger partial charge in [0.05, 0.1) is 22.4 Å². The van der Waals surface area contributed by atoms with Gasteiger partial charge in [-0.1, -0.05) is 36.4 Å². The van der Waals surface area contributed by atoms with E-state index >= 15 is 0 Å². The Morgan fingerprint density at radius 2 is 1.72 bits per heavy atom. The van der Waals surface area contributed by atoms with Crippen LogP contribution >= 0.6 is 0 Å². The fourth-order valence-electron chi connectivity index (χ4n) is 2.77. The van der Waals surface area contributed by atoms with Gasteiger partial charge in [0.1, 0.15) is 0 Å². The van der Waals surface area contributed by atoms with E-state index in [1.165, 1.54) is 18.3 Å². The largest absolute Gasteiger partial charge is 0.355 e. The van der Waals surface area contributed by atoms with Crippen LogP contribution in [0.25, 0.3) is 0 Å². The van der Waals surface area contributed by atoms with Gasteiger partial charge in [-0.3, -0.25) is 14.9 Å². The Kier molecular flexibility index (Phi) is 5.99. The summed E-state index contributed by atoms with van der Waals surface area (Å²) in [4.78, 5) is 23.0. The molecule has 146 valence electrons. The van der Waals surface area contributed by atoms with Gasteiger partial charge in [0.25, 0.3) is 11.6 Å². The normalized spacial score (nSPS) is 10.7. The number of hydrazone groups is 1. The number of nitro groups is 1. The van der Waals surface area contributed by atoms with Crippen molar-refractivity contribution in [3.63, 3.8) is 0 Å². The number of nitro benzene ring substituents is 1. The summed E-state index contributed by atoms with van der Waals surface area (Å²) in [5.41, 5.74) is 7.21. The first-order chi connectivity index (χ1) is 14.0. The summed E-state index contributed by atoms with van der Waals surface area (Å²) in [6.07, 6.45) is 1.37. The number of aryl methyl sites for hydroxylation is 1. The van der Waals surface area contributed by atoms with E-state index in [9.17, 15) is 14.9 Å². The molecule has 0 fully saturated rings. The van der Waals surface area contributed by atoms with Crippen LogP contribution in [0, 0.1) is 24.0 Å². The van der Waals surface area contributed by atoms with Crippen molar-refractivity contribution in [2.75, 3.05) is 5.32 Å². The number of carbonyl (C=O) groups excluding carboxylic acids is 1. The van der Waals surface area contributed by atoms with Crippen LogP contribution in [0.3, 0.4) is 0 Å². The average Bonchev–Trinajstić information content (AvgIpc) is 2.72. The summed E-state index contributed by atoms with van der Waals surface area (Å²) in [6, 6.07) is 19.1. The van der Waals surface area contributed by atoms with Gasteiger partial charge in [-0.15, -0.1) is 0 Å². The molecule has 1 amide bonds. The van der Waals surface area contributed by atoms with Crippen LogP contribution in [0.15, 0.2) is 71.8 Å². The maximum Gasteiger partial charge on any atom is 0.273 e. The smallest absolute Gasteiger partial charge is 0.273 e. The summed E-state index contributed by atoms with van der Waals surface area (Å²) in [5, 5.41) is 18.1. The van der Waals surface area contributed by atoms with Gasteiger partial charge >= 0.3 is 0 Å². The number of hydrogen-bond acceptors (Lipinski definition) is 5. The molecule has 7 heteroatoms. The minimum absolute atomic E-state index is 0.0386. The Labute approximate surface area is 168 Å². The fraction of sp³-hybridized carbons (Fsp3) is 0.0909. The van der Waals surface area contributed by atoms with E-state index in [1.807, 2.05) is 44.2 Å². The predicted molar refractivity (Wildman–Crippen MR) is 114 cm³/mol. The molecule has 0 aliphatic rings. The Hall–Kier alpha value is -4.00. The average molecular weight is 388 g/mol. The summed E-state index contributed by atoms with van der Waals surface area (Å²) >= 11 is 0. The van der Waals surface area contributed by atoms with Crippen molar-refractivity contribution >= 4 is 29.2 Å². The Balaban J connectivity index is 1.76. The van der Waals surface area contributed by atoms with Crippen molar-refractivity contribution in [3.05, 3.63) is 99.1 Å². The van der Waals surface area contributed by atoms with Crippen LogP contribution in [0.5, 0.6) is 0 Å². The minimum Gasteiger partial charge on any atom is -0.355 e. The molecule has 3 aromatic carbocycles. The zero-order valence-corrected chi connectivity index (χ0v) is 16.0. The maximum atomic E-state index is 12.6. The van der Waals surface area contributed by atoms with Crippen molar-refractivity contribution in [1.29, 1.82) is 0 Å². The summed E-state index contributed by atoms with van der Waals surface area (Å²) in [7, 11) is 0. The summed E-state index contributed by atoms with van der Waals surface area (Å²) in [5.74, 6) is -0.389. The number of rotatable bonds is 6. The standard InChI is InChI=1S/C22H20N4O3/c1-15-7-5-12-20(16(15)2)24-21-11-4-3-10-19(21)22(27)25-23-14-17-8-6-9-18(13-17)26(28)29/h3-14,24H,1-2H3,(H,25,27)/b23-14+. The van der Waals surface area contributed by atoms with Crippen LogP contribution in [0.2, 0.25) is 0 Å². The Bertz CT molecular complexity index is 1090. The van der Waals surface area contributed by atoms with Crippen molar-refractivity contribution in [3.8, 4) is 0 Å². The number of carbonyl (C=O) groups is 1. The molecule has 3 rings (SSSR count). The van der Waals surface area contributed by atoms with Gasteiger partial charge < -0.3 is 5.32 Å². The van der Waals surface area contributed by atoms with Crippen LogP contribution in [-0.4, -0.2) is 17.0 Å². The second kappa shape index (κ2) is 8.79. The highest BCUT2D eigenvalue weighted by atomic mass is 16.6. The quantitative estimate of drug-likeness (QED) is 0.363. The molecule has 0 saturated heterocycles. The second-order valence-corrected chi connectivity index (χ2v) is 6.47. The van der Waals surface area contributed by atoms with Crippen LogP contribution in [0.1, 0.15) is 27.0 Å². The molecule has 0 bridgehead atoms. The Morgan fingerprint density at radius 1 is 1.00 bits per heavy atom. The lowest BCUT2D eigenvalue weighted by molar-refractivity contribution is -0.384. The van der Waals surface area contributed by atoms with Gasteiger partial charge in [0.15, 0.2) is 0 Å². The first kappa shape index (κ1) is 19.8. The van der Waals surface area contributed by atoms with Crippen LogP contribution < -0.4 is 10.7 Å². The SMILES string of the molecule is Cc1cccc(Nc2ccccc2C(=O)N/N=C/c2cccc([N+](=O)[O-])c2)c1C. The third-order valence-electron chi connectivity index (χ3n) is 4.51. The predicted octanol–water partition coefficient (Wildman–Crippen LogP) is 4.72. The molecule has 0 atom stereocenters. The minimum atomic E-state index is -0.481. The molecule has 2 N–H and O–H groups in total. The van der Waals surface area contributed by atoms with Gasteiger partial charge in [-0.2, -0.15) is 5.10 Å². The summed E-state index contributed by atoms with van der Waals surface area (Å²) < 4.78 is 0. The van der Waals surface area contributed by atoms with E-state index < -0.39 is 4.92 Å². The first-order valence-corrected chi connectivity index (χ1v) is 8.96. The van der Waals surface area contributed by atoms with E-state index in [2.05, 4.69) is 15.8 Å². The van der Waals surface area contributed by atoms with E-state index in [0.717, 1.165) is 16.8 Å². The molecule has 0 heterocycles. The van der Waals surface area contributed by atoms with Crippen LogP contribution in [0.4, 0.5) is 17.1 Å². The third-order valence-corrected chi connectivity index (χ3v) is 4.51. The van der Waals surface area contributed by atoms with E-state index in [0.29, 0.717) is 16.8 Å². The lowest BCUT2D eigenvalue weighted by Gasteiger charge is -2.14. The first-order valence-electron chi connectivity index (χ1n) is 8.96. The molecular weight excluding hydrogens is 368 g/mol. The molecule has 3 aromatic rings. The van der Waals surface area contributed by atoms with E-state index in [4.69, 9.17) is 0 Å². The van der Waals surface area contributed by atoms with Gasteiger partial charge in [0, 0.05) is 23.4 Å². The second-order valence-electron chi connectivity index (χ2n) is 6.47. The molecule has 0 aliphatic carbocycles. The number of nitrogens with zero attached hydrogens (tertiary/aromatic N) is 2. The molecule has 0 radical (unpaired) electrons. The lowest BCUT2D eigenvalue weighted by atomic mass is 10.1.